The molecule has 2 atom stereocenters. The van der Waals surface area contributed by atoms with Gasteiger partial charge in [-0.05, 0) is 19.0 Å². The number of benzene rings is 1. The third-order valence-electron chi connectivity index (χ3n) is 2.22. The van der Waals surface area contributed by atoms with Gasteiger partial charge in [0.05, 0.1) is 6.10 Å². The first-order chi connectivity index (χ1) is 7.47. The second-order valence-corrected chi connectivity index (χ2v) is 3.41. The lowest BCUT2D eigenvalue weighted by Gasteiger charge is -2.18. The molecule has 1 aromatic rings. The molecular formula is C10H13F2NO3. The highest BCUT2D eigenvalue weighted by Gasteiger charge is 2.22. The van der Waals surface area contributed by atoms with Crippen LogP contribution in [0.15, 0.2) is 12.1 Å². The first kappa shape index (κ1) is 12.8. The Hall–Kier alpha value is -1.24. The number of hydrogen-bond acceptors (Lipinski definition) is 4. The van der Waals surface area contributed by atoms with Crippen LogP contribution in [0.2, 0.25) is 0 Å². The van der Waals surface area contributed by atoms with E-state index in [4.69, 9.17) is 5.73 Å². The van der Waals surface area contributed by atoms with E-state index >= 15 is 0 Å². The topological polar surface area (TPSA) is 86.7 Å². The zero-order valence-corrected chi connectivity index (χ0v) is 8.40. The van der Waals surface area contributed by atoms with Crippen molar-refractivity contribution in [3.8, 4) is 5.75 Å². The lowest BCUT2D eigenvalue weighted by Crippen LogP contribution is -2.22. The second kappa shape index (κ2) is 5.20. The quantitative estimate of drug-likeness (QED) is 0.606. The van der Waals surface area contributed by atoms with E-state index in [1.54, 1.807) is 0 Å². The van der Waals surface area contributed by atoms with E-state index in [2.05, 4.69) is 0 Å². The number of aliphatic hydroxyl groups is 2. The number of aromatic hydroxyl groups is 1. The van der Waals surface area contributed by atoms with Gasteiger partial charge in [0.25, 0.3) is 0 Å². The maximum Gasteiger partial charge on any atom is 0.162 e. The van der Waals surface area contributed by atoms with Gasteiger partial charge in [-0.15, -0.1) is 0 Å². The highest BCUT2D eigenvalue weighted by Crippen LogP contribution is 2.29. The van der Waals surface area contributed by atoms with Gasteiger partial charge < -0.3 is 21.1 Å². The van der Waals surface area contributed by atoms with Crippen LogP contribution < -0.4 is 5.73 Å². The molecule has 0 aliphatic carbocycles. The minimum absolute atomic E-state index is 0.0829. The standard InChI is InChI=1S/C10H13F2NO3/c11-6-3-5(9(15)4-7(6)12)10(16)8(14)1-2-13/h3-4,8,10,14-16H,1-2,13H2. The van der Waals surface area contributed by atoms with E-state index in [0.717, 1.165) is 0 Å². The third-order valence-corrected chi connectivity index (χ3v) is 2.22. The van der Waals surface area contributed by atoms with Crippen LogP contribution in [0.25, 0.3) is 0 Å². The van der Waals surface area contributed by atoms with Crippen molar-refractivity contribution in [2.24, 2.45) is 5.73 Å². The van der Waals surface area contributed by atoms with Gasteiger partial charge in [0, 0.05) is 11.6 Å². The van der Waals surface area contributed by atoms with Crippen LogP contribution >= 0.6 is 0 Å². The summed E-state index contributed by atoms with van der Waals surface area (Å²) < 4.78 is 25.5. The van der Waals surface area contributed by atoms with E-state index in [-0.39, 0.29) is 18.5 Å². The SMILES string of the molecule is NCCC(O)C(O)c1cc(F)c(F)cc1O. The average Bonchev–Trinajstić information content (AvgIpc) is 2.23. The van der Waals surface area contributed by atoms with Crippen molar-refractivity contribution in [1.82, 2.24) is 0 Å². The first-order valence-electron chi connectivity index (χ1n) is 4.71. The largest absolute Gasteiger partial charge is 0.507 e. The van der Waals surface area contributed by atoms with E-state index in [0.29, 0.717) is 12.1 Å². The van der Waals surface area contributed by atoms with E-state index in [1.165, 1.54) is 0 Å². The highest BCUT2D eigenvalue weighted by atomic mass is 19.2. The Balaban J connectivity index is 2.99. The predicted octanol–water partition coefficient (Wildman–Crippen LogP) is 0.414. The van der Waals surface area contributed by atoms with Crippen LogP contribution in [0.1, 0.15) is 18.1 Å². The summed E-state index contributed by atoms with van der Waals surface area (Å²) in [5.41, 5.74) is 4.91. The molecule has 0 aliphatic rings. The lowest BCUT2D eigenvalue weighted by atomic mass is 10.0. The molecule has 0 amide bonds. The van der Waals surface area contributed by atoms with Crippen molar-refractivity contribution < 1.29 is 24.1 Å². The smallest absolute Gasteiger partial charge is 0.162 e. The molecule has 1 rings (SSSR count). The lowest BCUT2D eigenvalue weighted by molar-refractivity contribution is 0.0135. The monoisotopic (exact) mass is 233 g/mol. The molecule has 1 aromatic carbocycles. The number of rotatable bonds is 4. The summed E-state index contributed by atoms with van der Waals surface area (Å²) in [4.78, 5) is 0. The molecule has 5 N–H and O–H groups in total. The molecule has 0 spiro atoms. The van der Waals surface area contributed by atoms with E-state index < -0.39 is 29.6 Å². The van der Waals surface area contributed by atoms with Gasteiger partial charge in [-0.25, -0.2) is 8.78 Å². The molecule has 0 aromatic heterocycles. The zero-order valence-electron chi connectivity index (χ0n) is 8.40. The maximum atomic E-state index is 12.9. The predicted molar refractivity (Wildman–Crippen MR) is 52.7 cm³/mol. The molecule has 90 valence electrons. The molecule has 0 bridgehead atoms. The van der Waals surface area contributed by atoms with Crippen LogP contribution in [0.5, 0.6) is 5.75 Å². The molecule has 6 heteroatoms. The summed E-state index contributed by atoms with van der Waals surface area (Å²) in [6.45, 7) is 0.128. The molecule has 16 heavy (non-hydrogen) atoms. The number of halogens is 2. The van der Waals surface area contributed by atoms with Crippen LogP contribution in [0.4, 0.5) is 8.78 Å². The van der Waals surface area contributed by atoms with Crippen LogP contribution in [0.3, 0.4) is 0 Å². The van der Waals surface area contributed by atoms with Gasteiger partial charge in [0.1, 0.15) is 11.9 Å². The van der Waals surface area contributed by atoms with E-state index in [1.807, 2.05) is 0 Å². The molecule has 0 heterocycles. The van der Waals surface area contributed by atoms with Crippen LogP contribution in [0, 0.1) is 11.6 Å². The van der Waals surface area contributed by atoms with Crippen molar-refractivity contribution in [3.05, 3.63) is 29.3 Å². The third kappa shape index (κ3) is 2.66. The van der Waals surface area contributed by atoms with Gasteiger partial charge in [0.15, 0.2) is 11.6 Å². The van der Waals surface area contributed by atoms with Crippen molar-refractivity contribution in [1.29, 1.82) is 0 Å². The van der Waals surface area contributed by atoms with Gasteiger partial charge in [-0.2, -0.15) is 0 Å². The summed E-state index contributed by atoms with van der Waals surface area (Å²) in [7, 11) is 0. The number of phenolic OH excluding ortho intramolecular Hbond substituents is 1. The molecule has 0 fully saturated rings. The number of phenols is 1. The summed E-state index contributed by atoms with van der Waals surface area (Å²) in [5, 5.41) is 28.3. The van der Waals surface area contributed by atoms with Crippen LogP contribution in [-0.4, -0.2) is 28.0 Å². The van der Waals surface area contributed by atoms with Crippen molar-refractivity contribution in [2.45, 2.75) is 18.6 Å². The zero-order chi connectivity index (χ0) is 12.3. The van der Waals surface area contributed by atoms with E-state index in [9.17, 15) is 24.1 Å². The van der Waals surface area contributed by atoms with Gasteiger partial charge in [-0.1, -0.05) is 0 Å². The first-order valence-corrected chi connectivity index (χ1v) is 4.71. The summed E-state index contributed by atoms with van der Waals surface area (Å²) in [6, 6.07) is 1.19. The molecule has 2 unspecified atom stereocenters. The fourth-order valence-corrected chi connectivity index (χ4v) is 1.32. The summed E-state index contributed by atoms with van der Waals surface area (Å²) in [6.07, 6.45) is -2.65. The fraction of sp³-hybridized carbons (Fsp3) is 0.400. The normalized spacial score (nSPS) is 14.8. The highest BCUT2D eigenvalue weighted by molar-refractivity contribution is 5.35. The maximum absolute atomic E-state index is 12.9. The molecular weight excluding hydrogens is 220 g/mol. The van der Waals surface area contributed by atoms with Gasteiger partial charge >= 0.3 is 0 Å². The fourth-order valence-electron chi connectivity index (χ4n) is 1.32. The van der Waals surface area contributed by atoms with Crippen LogP contribution in [-0.2, 0) is 0 Å². The van der Waals surface area contributed by atoms with Crippen molar-refractivity contribution in [3.63, 3.8) is 0 Å². The number of aliphatic hydroxyl groups excluding tert-OH is 2. The second-order valence-electron chi connectivity index (χ2n) is 3.41. The summed E-state index contributed by atoms with van der Waals surface area (Å²) in [5.74, 6) is -3.03. The minimum atomic E-state index is -1.50. The Morgan fingerprint density at radius 2 is 1.75 bits per heavy atom. The Kier molecular flexibility index (Phi) is 4.17. The molecule has 0 radical (unpaired) electrons. The Labute approximate surface area is 90.9 Å². The number of hydrogen-bond donors (Lipinski definition) is 4. The summed E-state index contributed by atoms with van der Waals surface area (Å²) >= 11 is 0. The molecule has 0 saturated heterocycles. The van der Waals surface area contributed by atoms with Crippen molar-refractivity contribution >= 4 is 0 Å². The Morgan fingerprint density at radius 3 is 2.31 bits per heavy atom. The van der Waals surface area contributed by atoms with Gasteiger partial charge in [-0.3, -0.25) is 0 Å². The van der Waals surface area contributed by atoms with Gasteiger partial charge in [0.2, 0.25) is 0 Å². The van der Waals surface area contributed by atoms with Crippen molar-refractivity contribution in [2.75, 3.05) is 6.54 Å². The Bertz CT molecular complexity index is 373. The molecule has 4 nitrogen and oxygen atoms in total. The Morgan fingerprint density at radius 1 is 1.19 bits per heavy atom. The molecule has 0 saturated carbocycles. The minimum Gasteiger partial charge on any atom is -0.507 e. The average molecular weight is 233 g/mol. The molecule has 0 aliphatic heterocycles. The number of nitrogens with two attached hydrogens (primary N) is 1.